The molecule has 3 heterocycles. The van der Waals surface area contributed by atoms with E-state index in [1.54, 1.807) is 11.1 Å². The predicted octanol–water partition coefficient (Wildman–Crippen LogP) is 2.29. The number of fused-ring (bicyclic) bond motifs is 1. The van der Waals surface area contributed by atoms with Crippen molar-refractivity contribution in [2.24, 2.45) is 0 Å². The largest absolute Gasteiger partial charge is 0.336 e. The first kappa shape index (κ1) is 20.1. The molecule has 0 atom stereocenters. The number of aryl methyl sites for hydroxylation is 4. The molecule has 1 aromatic carbocycles. The maximum Gasteiger partial charge on any atom is 0.257 e. The number of nitrogens with zero attached hydrogens (tertiary/aromatic N) is 4. The summed E-state index contributed by atoms with van der Waals surface area (Å²) in [5.74, 6) is -0.0344. The molecule has 29 heavy (non-hydrogen) atoms. The van der Waals surface area contributed by atoms with E-state index in [0.29, 0.717) is 36.6 Å². The summed E-state index contributed by atoms with van der Waals surface area (Å²) in [6.07, 6.45) is 4.72. The van der Waals surface area contributed by atoms with Gasteiger partial charge >= 0.3 is 0 Å². The number of carbonyl (C=O) groups excluding carboxylic acids is 1. The van der Waals surface area contributed by atoms with Crippen LogP contribution in [0.25, 0.3) is 0 Å². The third kappa shape index (κ3) is 3.59. The number of carbonyl (C=O) groups is 1. The Morgan fingerprint density at radius 2 is 1.62 bits per heavy atom. The van der Waals surface area contributed by atoms with Gasteiger partial charge in [-0.05, 0) is 51.2 Å². The molecule has 0 bridgehead atoms. The lowest BCUT2D eigenvalue weighted by molar-refractivity contribution is 0.0696. The fourth-order valence-electron chi connectivity index (χ4n) is 4.60. The van der Waals surface area contributed by atoms with Gasteiger partial charge in [-0.2, -0.15) is 9.40 Å². The third-order valence-corrected chi connectivity index (χ3v) is 8.15. The molecule has 156 valence electrons. The SMILES string of the molecule is Cc1cc(C)c(S(=O)(=O)N2CCN(C(=O)c3cnn4c3CCCC4)CC2)c(C)c1. The average molecular weight is 417 g/mol. The van der Waals surface area contributed by atoms with Crippen molar-refractivity contribution in [2.45, 2.75) is 51.5 Å². The number of aromatic nitrogens is 2. The van der Waals surface area contributed by atoms with Gasteiger partial charge in [0.15, 0.2) is 0 Å². The first-order chi connectivity index (χ1) is 13.8. The first-order valence-electron chi connectivity index (χ1n) is 10.2. The standard InChI is InChI=1S/C21H28N4O3S/c1-15-12-16(2)20(17(3)13-15)29(27,28)24-10-8-23(9-11-24)21(26)18-14-22-25-7-5-4-6-19(18)25/h12-14H,4-11H2,1-3H3. The normalized spacial score (nSPS) is 18.0. The minimum absolute atomic E-state index is 0.0344. The summed E-state index contributed by atoms with van der Waals surface area (Å²) in [5.41, 5.74) is 4.28. The summed E-state index contributed by atoms with van der Waals surface area (Å²) in [6.45, 7) is 7.93. The van der Waals surface area contributed by atoms with Gasteiger partial charge in [-0.1, -0.05) is 17.7 Å². The molecule has 2 aliphatic heterocycles. The van der Waals surface area contributed by atoms with Crippen LogP contribution in [-0.2, 0) is 23.0 Å². The number of amides is 1. The minimum atomic E-state index is -3.58. The molecule has 0 N–H and O–H groups in total. The Hall–Kier alpha value is -2.19. The van der Waals surface area contributed by atoms with Gasteiger partial charge in [0.05, 0.1) is 22.3 Å². The zero-order valence-electron chi connectivity index (χ0n) is 17.3. The van der Waals surface area contributed by atoms with Crippen molar-refractivity contribution in [1.82, 2.24) is 19.0 Å². The zero-order valence-corrected chi connectivity index (χ0v) is 18.1. The monoisotopic (exact) mass is 416 g/mol. The van der Waals surface area contributed by atoms with E-state index in [-0.39, 0.29) is 5.91 Å². The summed E-state index contributed by atoms with van der Waals surface area (Å²) in [6, 6.07) is 3.81. The van der Waals surface area contributed by atoms with Crippen LogP contribution in [0.2, 0.25) is 0 Å². The summed E-state index contributed by atoms with van der Waals surface area (Å²) in [5, 5.41) is 4.36. The third-order valence-electron chi connectivity index (χ3n) is 5.94. The Kier molecular flexibility index (Phi) is 5.25. The maximum atomic E-state index is 13.2. The molecule has 4 rings (SSSR count). The Balaban J connectivity index is 1.50. The highest BCUT2D eigenvalue weighted by Crippen LogP contribution is 2.27. The predicted molar refractivity (Wildman–Crippen MR) is 110 cm³/mol. The fraction of sp³-hybridized carbons (Fsp3) is 0.524. The van der Waals surface area contributed by atoms with Crippen LogP contribution in [0.15, 0.2) is 23.2 Å². The second-order valence-corrected chi connectivity index (χ2v) is 9.98. The quantitative estimate of drug-likeness (QED) is 0.769. The van der Waals surface area contributed by atoms with Crippen LogP contribution in [0.4, 0.5) is 0 Å². The van der Waals surface area contributed by atoms with E-state index in [1.807, 2.05) is 37.6 Å². The number of piperazine rings is 1. The van der Waals surface area contributed by atoms with Crippen LogP contribution in [0.1, 0.15) is 45.6 Å². The van der Waals surface area contributed by atoms with E-state index in [1.165, 1.54) is 4.31 Å². The lowest BCUT2D eigenvalue weighted by atomic mass is 10.1. The fourth-order valence-corrected chi connectivity index (χ4v) is 6.44. The molecule has 0 unspecified atom stereocenters. The molecule has 1 aromatic heterocycles. The van der Waals surface area contributed by atoms with Crippen molar-refractivity contribution in [1.29, 1.82) is 0 Å². The highest BCUT2D eigenvalue weighted by atomic mass is 32.2. The maximum absolute atomic E-state index is 13.2. The molecule has 0 spiro atoms. The van der Waals surface area contributed by atoms with Crippen LogP contribution in [0.3, 0.4) is 0 Å². The molecule has 8 heteroatoms. The van der Waals surface area contributed by atoms with Gasteiger partial charge < -0.3 is 4.90 Å². The molecule has 0 aliphatic carbocycles. The van der Waals surface area contributed by atoms with Crippen molar-refractivity contribution in [3.8, 4) is 0 Å². The van der Waals surface area contributed by atoms with Gasteiger partial charge in [0.1, 0.15) is 0 Å². The van der Waals surface area contributed by atoms with E-state index in [2.05, 4.69) is 5.10 Å². The van der Waals surface area contributed by atoms with Crippen LogP contribution in [0, 0.1) is 20.8 Å². The Morgan fingerprint density at radius 3 is 2.28 bits per heavy atom. The Morgan fingerprint density at radius 1 is 0.966 bits per heavy atom. The lowest BCUT2D eigenvalue weighted by Gasteiger charge is -2.34. The number of rotatable bonds is 3. The smallest absolute Gasteiger partial charge is 0.257 e. The van der Waals surface area contributed by atoms with Crippen LogP contribution in [0.5, 0.6) is 0 Å². The van der Waals surface area contributed by atoms with Crippen molar-refractivity contribution < 1.29 is 13.2 Å². The number of benzene rings is 1. The van der Waals surface area contributed by atoms with E-state index < -0.39 is 10.0 Å². The highest BCUT2D eigenvalue weighted by Gasteiger charge is 2.33. The van der Waals surface area contributed by atoms with Crippen molar-refractivity contribution in [3.05, 3.63) is 46.3 Å². The van der Waals surface area contributed by atoms with Crippen molar-refractivity contribution in [2.75, 3.05) is 26.2 Å². The van der Waals surface area contributed by atoms with E-state index in [4.69, 9.17) is 0 Å². The minimum Gasteiger partial charge on any atom is -0.336 e. The second-order valence-electron chi connectivity index (χ2n) is 8.11. The van der Waals surface area contributed by atoms with Gasteiger partial charge in [-0.3, -0.25) is 9.48 Å². The van der Waals surface area contributed by atoms with Gasteiger partial charge in [-0.15, -0.1) is 0 Å². The summed E-state index contributed by atoms with van der Waals surface area (Å²) in [7, 11) is -3.58. The molecule has 1 saturated heterocycles. The number of hydrogen-bond donors (Lipinski definition) is 0. The molecule has 2 aromatic rings. The van der Waals surface area contributed by atoms with E-state index in [9.17, 15) is 13.2 Å². The second kappa shape index (κ2) is 7.57. The van der Waals surface area contributed by atoms with Gasteiger partial charge in [0, 0.05) is 32.7 Å². The van der Waals surface area contributed by atoms with E-state index in [0.717, 1.165) is 48.2 Å². The molecule has 7 nitrogen and oxygen atoms in total. The topological polar surface area (TPSA) is 75.5 Å². The Bertz CT molecular complexity index is 1030. The van der Waals surface area contributed by atoms with Crippen LogP contribution < -0.4 is 0 Å². The lowest BCUT2D eigenvalue weighted by Crippen LogP contribution is -2.50. The zero-order chi connectivity index (χ0) is 20.8. The van der Waals surface area contributed by atoms with Crippen molar-refractivity contribution in [3.63, 3.8) is 0 Å². The Labute approximate surface area is 172 Å². The van der Waals surface area contributed by atoms with Gasteiger partial charge in [-0.25, -0.2) is 8.42 Å². The van der Waals surface area contributed by atoms with Crippen LogP contribution in [-0.4, -0.2) is 59.5 Å². The average Bonchev–Trinajstić information content (AvgIpc) is 3.10. The summed E-state index contributed by atoms with van der Waals surface area (Å²) >= 11 is 0. The number of sulfonamides is 1. The molecule has 1 amide bonds. The van der Waals surface area contributed by atoms with E-state index >= 15 is 0 Å². The highest BCUT2D eigenvalue weighted by molar-refractivity contribution is 7.89. The molecular weight excluding hydrogens is 388 g/mol. The molecule has 2 aliphatic rings. The van der Waals surface area contributed by atoms with Gasteiger partial charge in [0.2, 0.25) is 10.0 Å². The first-order valence-corrected chi connectivity index (χ1v) is 11.6. The molecule has 1 fully saturated rings. The molecule has 0 radical (unpaired) electrons. The summed E-state index contributed by atoms with van der Waals surface area (Å²) in [4.78, 5) is 15.2. The molecule has 0 saturated carbocycles. The van der Waals surface area contributed by atoms with Gasteiger partial charge in [0.25, 0.3) is 5.91 Å². The van der Waals surface area contributed by atoms with Crippen molar-refractivity contribution >= 4 is 15.9 Å². The number of hydrogen-bond acceptors (Lipinski definition) is 4. The van der Waals surface area contributed by atoms with Crippen LogP contribution >= 0.6 is 0 Å². The molecular formula is C21H28N4O3S. The summed E-state index contributed by atoms with van der Waals surface area (Å²) < 4.78 is 29.9.